The Morgan fingerprint density at radius 1 is 1.40 bits per heavy atom. The van der Waals surface area contributed by atoms with E-state index in [1.165, 1.54) is 0 Å². The lowest BCUT2D eigenvalue weighted by Crippen LogP contribution is -2.18. The van der Waals surface area contributed by atoms with Gasteiger partial charge in [0.2, 0.25) is 0 Å². The van der Waals surface area contributed by atoms with E-state index in [-0.39, 0.29) is 0 Å². The van der Waals surface area contributed by atoms with E-state index >= 15 is 0 Å². The lowest BCUT2D eigenvalue weighted by molar-refractivity contribution is -0.136. The van der Waals surface area contributed by atoms with Crippen LogP contribution in [-0.2, 0) is 15.6 Å². The first-order valence-electron chi connectivity index (χ1n) is 4.81. The number of carboxylic acid groups (broad SMARTS) is 1. The maximum absolute atomic E-state index is 11.7. The van der Waals surface area contributed by atoms with Crippen molar-refractivity contribution in [1.82, 2.24) is 0 Å². The third-order valence-corrected chi connectivity index (χ3v) is 3.81. The first kappa shape index (κ1) is 11.9. The van der Waals surface area contributed by atoms with Crippen molar-refractivity contribution in [2.45, 2.75) is 18.6 Å². The molecule has 0 bridgehead atoms. The van der Waals surface area contributed by atoms with Crippen molar-refractivity contribution in [2.75, 3.05) is 5.75 Å². The van der Waals surface area contributed by atoms with Gasteiger partial charge < -0.3 is 5.11 Å². The van der Waals surface area contributed by atoms with Crippen LogP contribution in [0.4, 0.5) is 0 Å². The quantitative estimate of drug-likeness (QED) is 0.835. The van der Waals surface area contributed by atoms with Gasteiger partial charge in [-0.2, -0.15) is 0 Å². The minimum atomic E-state index is -1.34. The molecule has 0 spiro atoms. The number of carboxylic acids is 1. The van der Waals surface area contributed by atoms with E-state index in [0.717, 1.165) is 6.42 Å². The zero-order valence-corrected chi connectivity index (χ0v) is 9.37. The molecule has 3 nitrogen and oxygen atoms in total. The first-order chi connectivity index (χ1) is 7.16. The highest BCUT2D eigenvalue weighted by Crippen LogP contribution is 2.20. The summed E-state index contributed by atoms with van der Waals surface area (Å²) in [7, 11) is -1.34. The van der Waals surface area contributed by atoms with Gasteiger partial charge in [-0.25, -0.2) is 0 Å². The van der Waals surface area contributed by atoms with Crippen molar-refractivity contribution in [2.24, 2.45) is 0 Å². The summed E-state index contributed by atoms with van der Waals surface area (Å²) in [5.41, 5.74) is 0.608. The van der Waals surface area contributed by atoms with Gasteiger partial charge in [-0.15, -0.1) is 0 Å². The Morgan fingerprint density at radius 3 is 2.47 bits per heavy atom. The Bertz CT molecular complexity index is 348. The summed E-state index contributed by atoms with van der Waals surface area (Å²) < 4.78 is 11.7. The molecule has 1 rings (SSSR count). The molecule has 82 valence electrons. The Hall–Kier alpha value is -1.16. The average Bonchev–Trinajstić information content (AvgIpc) is 2.19. The summed E-state index contributed by atoms with van der Waals surface area (Å²) in [6.45, 7) is 1.89. The molecule has 0 radical (unpaired) electrons. The maximum Gasteiger partial charge on any atom is 0.323 e. The predicted molar refractivity (Wildman–Crippen MR) is 60.1 cm³/mol. The van der Waals surface area contributed by atoms with Gasteiger partial charge >= 0.3 is 5.97 Å². The van der Waals surface area contributed by atoms with Crippen LogP contribution in [0.5, 0.6) is 0 Å². The zero-order chi connectivity index (χ0) is 11.3. The highest BCUT2D eigenvalue weighted by molar-refractivity contribution is 7.86. The lowest BCUT2D eigenvalue weighted by atomic mass is 10.1. The SMILES string of the molecule is CCCS(=O)C(C(=O)O)c1ccccc1. The minimum absolute atomic E-state index is 0.422. The van der Waals surface area contributed by atoms with Crippen molar-refractivity contribution in [1.29, 1.82) is 0 Å². The first-order valence-corrected chi connectivity index (χ1v) is 6.20. The van der Waals surface area contributed by atoms with Crippen molar-refractivity contribution < 1.29 is 14.1 Å². The Morgan fingerprint density at radius 2 is 2.00 bits per heavy atom. The van der Waals surface area contributed by atoms with E-state index < -0.39 is 22.0 Å². The van der Waals surface area contributed by atoms with Crippen LogP contribution < -0.4 is 0 Å². The molecule has 4 heteroatoms. The molecule has 0 aliphatic heterocycles. The molecule has 0 aromatic heterocycles. The molecule has 2 unspecified atom stereocenters. The molecular weight excluding hydrogens is 212 g/mol. The second-order valence-electron chi connectivity index (χ2n) is 3.21. The maximum atomic E-state index is 11.7. The molecule has 0 heterocycles. The van der Waals surface area contributed by atoms with Crippen molar-refractivity contribution in [3.05, 3.63) is 35.9 Å². The van der Waals surface area contributed by atoms with Gasteiger partial charge in [0.05, 0.1) is 0 Å². The van der Waals surface area contributed by atoms with Crippen LogP contribution in [0.15, 0.2) is 30.3 Å². The fraction of sp³-hybridized carbons (Fsp3) is 0.364. The number of hydrogen-bond acceptors (Lipinski definition) is 2. The van der Waals surface area contributed by atoms with Crippen LogP contribution in [-0.4, -0.2) is 21.0 Å². The monoisotopic (exact) mass is 226 g/mol. The third kappa shape index (κ3) is 3.16. The third-order valence-electron chi connectivity index (χ3n) is 1.99. The highest BCUT2D eigenvalue weighted by atomic mass is 32.2. The van der Waals surface area contributed by atoms with Crippen molar-refractivity contribution in [3.8, 4) is 0 Å². The second-order valence-corrected chi connectivity index (χ2v) is 4.85. The van der Waals surface area contributed by atoms with Gasteiger partial charge in [-0.1, -0.05) is 37.3 Å². The number of hydrogen-bond donors (Lipinski definition) is 1. The van der Waals surface area contributed by atoms with Crippen LogP contribution in [0, 0.1) is 0 Å². The average molecular weight is 226 g/mol. The Balaban J connectivity index is 2.94. The van der Waals surface area contributed by atoms with Crippen molar-refractivity contribution >= 4 is 16.8 Å². The topological polar surface area (TPSA) is 54.4 Å². The van der Waals surface area contributed by atoms with Gasteiger partial charge in [0.15, 0.2) is 5.25 Å². The number of carbonyl (C=O) groups is 1. The van der Waals surface area contributed by atoms with E-state index in [2.05, 4.69) is 0 Å². The van der Waals surface area contributed by atoms with Crippen LogP contribution in [0.1, 0.15) is 24.2 Å². The molecule has 0 aliphatic rings. The summed E-state index contributed by atoms with van der Waals surface area (Å²) in [5, 5.41) is 8.13. The molecule has 1 aromatic carbocycles. The van der Waals surface area contributed by atoms with Gasteiger partial charge in [0, 0.05) is 16.6 Å². The largest absolute Gasteiger partial charge is 0.480 e. The predicted octanol–water partition coefficient (Wildman–Crippen LogP) is 1.97. The molecule has 1 N–H and O–H groups in total. The van der Waals surface area contributed by atoms with E-state index in [4.69, 9.17) is 5.11 Å². The van der Waals surface area contributed by atoms with Crippen LogP contribution in [0.25, 0.3) is 0 Å². The summed E-state index contributed by atoms with van der Waals surface area (Å²) in [6, 6.07) is 8.73. The van der Waals surface area contributed by atoms with E-state index in [0.29, 0.717) is 11.3 Å². The molecule has 0 saturated carbocycles. The normalized spacial score (nSPS) is 14.5. The smallest absolute Gasteiger partial charge is 0.323 e. The van der Waals surface area contributed by atoms with Gasteiger partial charge in [0.25, 0.3) is 0 Å². The Kier molecular flexibility index (Phi) is 4.49. The van der Waals surface area contributed by atoms with Crippen LogP contribution in [0.3, 0.4) is 0 Å². The van der Waals surface area contributed by atoms with Gasteiger partial charge in [-0.05, 0) is 12.0 Å². The molecule has 0 fully saturated rings. The van der Waals surface area contributed by atoms with E-state index in [1.54, 1.807) is 24.3 Å². The summed E-state index contributed by atoms with van der Waals surface area (Å²) in [4.78, 5) is 11.0. The highest BCUT2D eigenvalue weighted by Gasteiger charge is 2.25. The molecular formula is C11H14O3S. The minimum Gasteiger partial charge on any atom is -0.480 e. The molecule has 2 atom stereocenters. The van der Waals surface area contributed by atoms with Crippen LogP contribution >= 0.6 is 0 Å². The second kappa shape index (κ2) is 5.66. The molecule has 0 aliphatic carbocycles. The van der Waals surface area contributed by atoms with Crippen LogP contribution in [0.2, 0.25) is 0 Å². The Labute approximate surface area is 91.6 Å². The van der Waals surface area contributed by atoms with Gasteiger partial charge in [-0.3, -0.25) is 9.00 Å². The molecule has 0 amide bonds. The van der Waals surface area contributed by atoms with E-state index in [9.17, 15) is 9.00 Å². The van der Waals surface area contributed by atoms with Gasteiger partial charge in [0.1, 0.15) is 0 Å². The fourth-order valence-corrected chi connectivity index (χ4v) is 2.68. The molecule has 0 saturated heterocycles. The van der Waals surface area contributed by atoms with E-state index in [1.807, 2.05) is 13.0 Å². The van der Waals surface area contributed by atoms with Crippen molar-refractivity contribution in [3.63, 3.8) is 0 Å². The fourth-order valence-electron chi connectivity index (χ4n) is 1.35. The summed E-state index contributed by atoms with van der Waals surface area (Å²) in [5.74, 6) is -0.598. The zero-order valence-electron chi connectivity index (χ0n) is 8.55. The number of aliphatic carboxylic acids is 1. The summed E-state index contributed by atoms with van der Waals surface area (Å²) in [6.07, 6.45) is 0.725. The number of rotatable bonds is 5. The lowest BCUT2D eigenvalue weighted by Gasteiger charge is -2.11. The molecule has 15 heavy (non-hydrogen) atoms. The number of benzene rings is 1. The standard InChI is InChI=1S/C11H14O3S/c1-2-8-15(14)10(11(12)13)9-6-4-3-5-7-9/h3-7,10H,2,8H2,1H3,(H,12,13). The molecule has 1 aromatic rings. The summed E-state index contributed by atoms with van der Waals surface area (Å²) >= 11 is 0.